The first kappa shape index (κ1) is 26.9. The summed E-state index contributed by atoms with van der Waals surface area (Å²) in [6, 6.07) is 25.2. The van der Waals surface area contributed by atoms with Gasteiger partial charge in [0.25, 0.3) is 5.91 Å². The fraction of sp³-hybridized carbons (Fsp3) is 0.333. The molecule has 0 radical (unpaired) electrons. The van der Waals surface area contributed by atoms with Crippen molar-refractivity contribution >= 4 is 27.7 Å². The van der Waals surface area contributed by atoms with Crippen LogP contribution >= 0.6 is 15.9 Å². The number of hydrogen-bond donors (Lipinski definition) is 0. The van der Waals surface area contributed by atoms with E-state index < -0.39 is 0 Å². The molecule has 7 heteroatoms. The Labute approximate surface area is 227 Å². The molecular weight excluding hydrogens is 532 g/mol. The van der Waals surface area contributed by atoms with Crippen molar-refractivity contribution in [2.24, 2.45) is 5.92 Å². The third-order valence-corrected chi connectivity index (χ3v) is 7.14. The van der Waals surface area contributed by atoms with Gasteiger partial charge in [0.15, 0.2) is 0 Å². The lowest BCUT2D eigenvalue weighted by Crippen LogP contribution is -2.49. The van der Waals surface area contributed by atoms with E-state index in [0.29, 0.717) is 44.6 Å². The van der Waals surface area contributed by atoms with Crippen molar-refractivity contribution in [3.63, 3.8) is 0 Å². The summed E-state index contributed by atoms with van der Waals surface area (Å²) in [6.45, 7) is 2.01. The highest BCUT2D eigenvalue weighted by molar-refractivity contribution is 9.10. The molecule has 2 amide bonds. The second kappa shape index (κ2) is 12.9. The maximum Gasteiger partial charge on any atom is 0.253 e. The highest BCUT2D eigenvalue weighted by atomic mass is 79.9. The third-order valence-electron chi connectivity index (χ3n) is 6.65. The molecule has 0 spiro atoms. The fourth-order valence-electron chi connectivity index (χ4n) is 4.73. The summed E-state index contributed by atoms with van der Waals surface area (Å²) in [6.07, 6.45) is 0.776. The summed E-state index contributed by atoms with van der Waals surface area (Å²) in [5.41, 5.74) is 2.67. The van der Waals surface area contributed by atoms with Gasteiger partial charge in [0.05, 0.1) is 6.61 Å². The van der Waals surface area contributed by atoms with Crippen molar-refractivity contribution in [2.75, 3.05) is 27.2 Å². The van der Waals surface area contributed by atoms with Crippen LogP contribution in [-0.2, 0) is 22.7 Å². The molecule has 1 heterocycles. The lowest BCUT2D eigenvalue weighted by atomic mass is 9.90. The number of rotatable bonds is 9. The van der Waals surface area contributed by atoms with Crippen molar-refractivity contribution in [1.29, 1.82) is 0 Å². The van der Waals surface area contributed by atoms with Crippen LogP contribution in [0.2, 0.25) is 0 Å². The van der Waals surface area contributed by atoms with Crippen LogP contribution in [0.3, 0.4) is 0 Å². The number of nitrogens with zero attached hydrogens (tertiary/aromatic N) is 2. The highest BCUT2D eigenvalue weighted by Crippen LogP contribution is 2.29. The number of ether oxygens (including phenoxy) is 2. The molecule has 6 nitrogen and oxygen atoms in total. The molecule has 1 fully saturated rings. The Hall–Kier alpha value is -3.16. The summed E-state index contributed by atoms with van der Waals surface area (Å²) in [5, 5.41) is 0. The van der Waals surface area contributed by atoms with E-state index in [1.807, 2.05) is 90.8 Å². The average molecular weight is 566 g/mol. The van der Waals surface area contributed by atoms with Crippen molar-refractivity contribution in [2.45, 2.75) is 32.1 Å². The lowest BCUT2D eigenvalue weighted by molar-refractivity contribution is -0.132. The molecule has 194 valence electrons. The minimum absolute atomic E-state index is 0.0334. The van der Waals surface area contributed by atoms with Gasteiger partial charge in [-0.15, -0.1) is 0 Å². The normalized spacial score (nSPS) is 17.3. The van der Waals surface area contributed by atoms with Crippen molar-refractivity contribution in [3.05, 3.63) is 100 Å². The fourth-order valence-corrected chi connectivity index (χ4v) is 5.11. The van der Waals surface area contributed by atoms with Crippen molar-refractivity contribution < 1.29 is 19.1 Å². The minimum Gasteiger partial charge on any atom is -0.490 e. The molecule has 0 bridgehead atoms. The second-order valence-electron chi connectivity index (χ2n) is 9.49. The van der Waals surface area contributed by atoms with Gasteiger partial charge in [0, 0.05) is 62.6 Å². The Kier molecular flexibility index (Phi) is 9.36. The summed E-state index contributed by atoms with van der Waals surface area (Å²) in [5.74, 6) is 0.619. The van der Waals surface area contributed by atoms with Gasteiger partial charge in [-0.05, 0) is 41.5 Å². The largest absolute Gasteiger partial charge is 0.490 e. The Morgan fingerprint density at radius 2 is 1.76 bits per heavy atom. The van der Waals surface area contributed by atoms with E-state index in [4.69, 9.17) is 9.47 Å². The number of carbonyl (C=O) groups excluding carboxylic acids is 2. The molecule has 37 heavy (non-hydrogen) atoms. The first-order chi connectivity index (χ1) is 17.9. The van der Waals surface area contributed by atoms with E-state index in [1.165, 1.54) is 0 Å². The smallest absolute Gasteiger partial charge is 0.253 e. The number of likely N-dealkylation sites (tertiary alicyclic amines) is 1. The average Bonchev–Trinajstić information content (AvgIpc) is 2.90. The van der Waals surface area contributed by atoms with Gasteiger partial charge in [-0.25, -0.2) is 0 Å². The third kappa shape index (κ3) is 7.43. The quantitative estimate of drug-likeness (QED) is 0.341. The summed E-state index contributed by atoms with van der Waals surface area (Å²) < 4.78 is 12.5. The summed E-state index contributed by atoms with van der Waals surface area (Å²) >= 11 is 3.50. The predicted molar refractivity (Wildman–Crippen MR) is 147 cm³/mol. The van der Waals surface area contributed by atoms with Crippen LogP contribution in [-0.4, -0.2) is 55.0 Å². The van der Waals surface area contributed by atoms with Gasteiger partial charge in [0.1, 0.15) is 11.9 Å². The monoisotopic (exact) mass is 564 g/mol. The lowest BCUT2D eigenvalue weighted by Gasteiger charge is -2.39. The molecule has 1 saturated heterocycles. The van der Waals surface area contributed by atoms with Crippen LogP contribution in [0.5, 0.6) is 5.75 Å². The van der Waals surface area contributed by atoms with Crippen LogP contribution in [0.1, 0.15) is 34.3 Å². The Morgan fingerprint density at radius 3 is 2.51 bits per heavy atom. The second-order valence-corrected chi connectivity index (χ2v) is 10.4. The maximum absolute atomic E-state index is 13.4. The molecule has 3 aromatic rings. The van der Waals surface area contributed by atoms with E-state index in [1.54, 1.807) is 12.0 Å². The van der Waals surface area contributed by atoms with Gasteiger partial charge in [-0.1, -0.05) is 64.5 Å². The molecular formula is C30H33BrN2O4. The summed E-state index contributed by atoms with van der Waals surface area (Å²) in [4.78, 5) is 30.3. The van der Waals surface area contributed by atoms with Crippen LogP contribution in [0.15, 0.2) is 83.3 Å². The molecule has 4 rings (SSSR count). The number of methoxy groups -OCH3 is 1. The SMILES string of the molecule is COCc1cccc(C(=O)N2CC[C@H](Oc3cccc(Br)c3)[C@@H](CC(=O)N(C)Cc3ccccc3)C2)c1. The molecule has 0 aliphatic carbocycles. The molecule has 0 unspecified atom stereocenters. The molecule has 2 atom stereocenters. The van der Waals surface area contributed by atoms with E-state index in [0.717, 1.165) is 21.3 Å². The first-order valence-corrected chi connectivity index (χ1v) is 13.3. The topological polar surface area (TPSA) is 59.1 Å². The molecule has 1 aliphatic rings. The molecule has 1 aliphatic heterocycles. The number of piperidine rings is 1. The predicted octanol–water partition coefficient (Wildman–Crippen LogP) is 5.55. The Balaban J connectivity index is 1.49. The molecule has 0 N–H and O–H groups in total. The van der Waals surface area contributed by atoms with Crippen LogP contribution in [0, 0.1) is 5.92 Å². The van der Waals surface area contributed by atoms with Crippen molar-refractivity contribution in [1.82, 2.24) is 9.80 Å². The molecule has 0 saturated carbocycles. The first-order valence-electron chi connectivity index (χ1n) is 12.5. The zero-order chi connectivity index (χ0) is 26.2. The number of hydrogen-bond acceptors (Lipinski definition) is 4. The number of halogens is 1. The Morgan fingerprint density at radius 1 is 1.00 bits per heavy atom. The van der Waals surface area contributed by atoms with Crippen LogP contribution < -0.4 is 4.74 Å². The van der Waals surface area contributed by atoms with E-state index in [9.17, 15) is 9.59 Å². The van der Waals surface area contributed by atoms with Crippen LogP contribution in [0.4, 0.5) is 0 Å². The maximum atomic E-state index is 13.4. The number of amides is 2. The molecule has 0 aromatic heterocycles. The van der Waals surface area contributed by atoms with Gasteiger partial charge in [-0.2, -0.15) is 0 Å². The van der Waals surface area contributed by atoms with Gasteiger partial charge in [-0.3, -0.25) is 9.59 Å². The number of benzene rings is 3. The van der Waals surface area contributed by atoms with Crippen molar-refractivity contribution in [3.8, 4) is 5.75 Å². The standard InChI is InChI=1S/C30H33BrN2O4/c1-32(19-22-8-4-3-5-9-22)29(34)17-25-20-33(30(35)24-11-6-10-23(16-24)21-36-2)15-14-28(25)37-27-13-7-12-26(31)18-27/h3-13,16,18,25,28H,14-15,17,19-21H2,1-2H3/t25-,28-/m0/s1. The zero-order valence-corrected chi connectivity index (χ0v) is 22.9. The molecule has 3 aromatic carbocycles. The van der Waals surface area contributed by atoms with Gasteiger partial charge >= 0.3 is 0 Å². The zero-order valence-electron chi connectivity index (χ0n) is 21.3. The number of carbonyl (C=O) groups is 2. The van der Waals surface area contributed by atoms with Crippen LogP contribution in [0.25, 0.3) is 0 Å². The van der Waals surface area contributed by atoms with Gasteiger partial charge < -0.3 is 19.3 Å². The highest BCUT2D eigenvalue weighted by Gasteiger charge is 2.35. The summed E-state index contributed by atoms with van der Waals surface area (Å²) in [7, 11) is 3.47. The minimum atomic E-state index is -0.174. The Bertz CT molecular complexity index is 1200. The van der Waals surface area contributed by atoms with E-state index in [-0.39, 0.29) is 23.8 Å². The van der Waals surface area contributed by atoms with E-state index >= 15 is 0 Å². The van der Waals surface area contributed by atoms with E-state index in [2.05, 4.69) is 15.9 Å². The van der Waals surface area contributed by atoms with Gasteiger partial charge in [0.2, 0.25) is 5.91 Å².